The van der Waals surface area contributed by atoms with Crippen molar-refractivity contribution in [2.75, 3.05) is 11.6 Å². The molecule has 82 valence electrons. The predicted octanol–water partition coefficient (Wildman–Crippen LogP) is 2.36. The fourth-order valence-electron chi connectivity index (χ4n) is 1.10. The second-order valence-electron chi connectivity index (χ2n) is 2.90. The van der Waals surface area contributed by atoms with Gasteiger partial charge in [-0.2, -0.15) is 9.36 Å². The monoisotopic (exact) mass is 251 g/mol. The van der Waals surface area contributed by atoms with Crippen molar-refractivity contribution in [1.82, 2.24) is 9.36 Å². The quantitative estimate of drug-likeness (QED) is 0.849. The first-order valence-corrected chi connectivity index (χ1v) is 6.53. The third kappa shape index (κ3) is 2.59. The van der Waals surface area contributed by atoms with Crippen molar-refractivity contribution in [3.8, 4) is 0 Å². The van der Waals surface area contributed by atoms with Crippen LogP contribution in [0.5, 0.6) is 0 Å². The Bertz CT molecular complexity index is 527. The van der Waals surface area contributed by atoms with Gasteiger partial charge in [-0.25, -0.2) is 0 Å². The maximum absolute atomic E-state index is 11.4. The lowest BCUT2D eigenvalue weighted by Gasteiger charge is -2.02. The van der Waals surface area contributed by atoms with Gasteiger partial charge in [0.15, 0.2) is 5.03 Å². The molecule has 1 aromatic heterocycles. The first-order valence-electron chi connectivity index (χ1n) is 4.53. The van der Waals surface area contributed by atoms with Crippen LogP contribution in [0.15, 0.2) is 40.2 Å². The van der Waals surface area contributed by atoms with Crippen LogP contribution in [-0.2, 0) is 0 Å². The van der Waals surface area contributed by atoms with Gasteiger partial charge < -0.3 is 5.32 Å². The maximum Gasteiger partial charge on any atom is 0.305 e. The summed E-state index contributed by atoms with van der Waals surface area (Å²) in [5.74, 6) is 0. The smallest absolute Gasteiger partial charge is 0.305 e. The zero-order valence-corrected chi connectivity index (χ0v) is 10.1. The number of rotatable bonds is 3. The Morgan fingerprint density at radius 2 is 2.06 bits per heavy atom. The molecule has 0 amide bonds. The van der Waals surface area contributed by atoms with Crippen molar-refractivity contribution in [2.24, 2.45) is 0 Å². The van der Waals surface area contributed by atoms with Crippen LogP contribution >= 0.6 is 23.3 Å². The fourth-order valence-corrected chi connectivity index (χ4v) is 2.27. The highest BCUT2D eigenvalue weighted by atomic mass is 32.2. The Morgan fingerprint density at radius 1 is 1.31 bits per heavy atom. The molecule has 0 unspecified atom stereocenters. The molecule has 1 heterocycles. The number of hydrogen-bond donors (Lipinski definition) is 1. The van der Waals surface area contributed by atoms with E-state index in [0.717, 1.165) is 5.69 Å². The van der Waals surface area contributed by atoms with Crippen LogP contribution in [0.25, 0.3) is 0 Å². The summed E-state index contributed by atoms with van der Waals surface area (Å²) >= 11 is 2.49. The molecule has 16 heavy (non-hydrogen) atoms. The largest absolute Gasteiger partial charge is 0.330 e. The van der Waals surface area contributed by atoms with E-state index >= 15 is 0 Å². The topological polar surface area (TPSA) is 54.9 Å². The molecular weight excluding hydrogens is 242 g/mol. The molecule has 0 aliphatic heterocycles. The van der Waals surface area contributed by atoms with E-state index in [9.17, 15) is 4.79 Å². The molecule has 0 bridgehead atoms. The van der Waals surface area contributed by atoms with Crippen LogP contribution in [0, 0.1) is 0 Å². The molecule has 0 aliphatic carbocycles. The number of para-hydroxylation sites is 1. The summed E-state index contributed by atoms with van der Waals surface area (Å²) in [6.07, 6.45) is 1.81. The molecule has 0 spiro atoms. The zero-order chi connectivity index (χ0) is 11.4. The Kier molecular flexibility index (Phi) is 3.53. The highest BCUT2D eigenvalue weighted by Gasteiger charge is 2.03. The normalized spacial score (nSPS) is 10.1. The van der Waals surface area contributed by atoms with Crippen molar-refractivity contribution < 1.29 is 0 Å². The lowest BCUT2D eigenvalue weighted by molar-refractivity contribution is 1.09. The van der Waals surface area contributed by atoms with Gasteiger partial charge in [-0.3, -0.25) is 4.79 Å². The van der Waals surface area contributed by atoms with Gasteiger partial charge in [0.25, 0.3) is 0 Å². The Labute approximate surface area is 101 Å². The van der Waals surface area contributed by atoms with Crippen molar-refractivity contribution in [3.63, 3.8) is 0 Å². The molecule has 1 N–H and O–H groups in total. The van der Waals surface area contributed by atoms with Gasteiger partial charge in [0.05, 0.1) is 0 Å². The highest BCUT2D eigenvalue weighted by Crippen LogP contribution is 2.16. The van der Waals surface area contributed by atoms with E-state index in [1.807, 2.05) is 36.6 Å². The summed E-state index contributed by atoms with van der Waals surface area (Å²) in [5, 5.41) is 3.97. The summed E-state index contributed by atoms with van der Waals surface area (Å²) in [6.45, 7) is 0. The van der Waals surface area contributed by atoms with E-state index in [-0.39, 0.29) is 5.56 Å². The van der Waals surface area contributed by atoms with E-state index in [0.29, 0.717) is 10.2 Å². The van der Waals surface area contributed by atoms with Crippen LogP contribution < -0.4 is 10.9 Å². The molecule has 0 aliphatic rings. The standard InChI is InChI=1S/C10H9N3OS2/c1-15-9-8(14)12-10(16-13-9)11-7-5-3-2-4-6-7/h2-6H,1H3,(H,11,12,14). The van der Waals surface area contributed by atoms with E-state index < -0.39 is 0 Å². The van der Waals surface area contributed by atoms with Gasteiger partial charge in [0.1, 0.15) is 0 Å². The summed E-state index contributed by atoms with van der Waals surface area (Å²) in [6, 6.07) is 9.56. The predicted molar refractivity (Wildman–Crippen MR) is 67.7 cm³/mol. The molecule has 2 rings (SSSR count). The van der Waals surface area contributed by atoms with E-state index in [1.165, 1.54) is 23.3 Å². The van der Waals surface area contributed by atoms with Crippen molar-refractivity contribution in [1.29, 1.82) is 0 Å². The minimum atomic E-state index is -0.287. The Morgan fingerprint density at radius 3 is 2.69 bits per heavy atom. The summed E-state index contributed by atoms with van der Waals surface area (Å²) in [5.41, 5.74) is 0.606. The van der Waals surface area contributed by atoms with E-state index in [1.54, 1.807) is 0 Å². The molecule has 0 atom stereocenters. The van der Waals surface area contributed by atoms with Crippen LogP contribution in [0.3, 0.4) is 0 Å². The molecule has 1 aromatic carbocycles. The summed E-state index contributed by atoms with van der Waals surface area (Å²) < 4.78 is 4.06. The number of hydrogen-bond acceptors (Lipinski definition) is 6. The van der Waals surface area contributed by atoms with Crippen LogP contribution in [0.4, 0.5) is 10.8 Å². The number of thioether (sulfide) groups is 1. The molecule has 4 nitrogen and oxygen atoms in total. The molecule has 0 saturated carbocycles. The number of benzene rings is 1. The zero-order valence-electron chi connectivity index (χ0n) is 8.51. The number of aromatic nitrogens is 2. The average Bonchev–Trinajstić information content (AvgIpc) is 2.31. The Hall–Kier alpha value is -1.40. The first-order chi connectivity index (χ1) is 7.79. The lowest BCUT2D eigenvalue weighted by Crippen LogP contribution is -2.10. The van der Waals surface area contributed by atoms with Crippen LogP contribution in [-0.4, -0.2) is 15.6 Å². The van der Waals surface area contributed by atoms with Gasteiger partial charge in [0.2, 0.25) is 5.13 Å². The molecule has 0 radical (unpaired) electrons. The maximum atomic E-state index is 11.4. The van der Waals surface area contributed by atoms with Crippen LogP contribution in [0.1, 0.15) is 0 Å². The minimum Gasteiger partial charge on any atom is -0.330 e. The third-order valence-corrected chi connectivity index (χ3v) is 3.23. The minimum absolute atomic E-state index is 0.287. The second kappa shape index (κ2) is 5.09. The van der Waals surface area contributed by atoms with E-state index in [4.69, 9.17) is 0 Å². The molecule has 0 fully saturated rings. The molecule has 0 saturated heterocycles. The Balaban J connectivity index is 2.23. The van der Waals surface area contributed by atoms with Gasteiger partial charge in [-0.05, 0) is 18.4 Å². The van der Waals surface area contributed by atoms with Crippen molar-refractivity contribution in [2.45, 2.75) is 5.03 Å². The molecule has 6 heteroatoms. The van der Waals surface area contributed by atoms with Crippen molar-refractivity contribution >= 4 is 34.1 Å². The SMILES string of the molecule is CSc1nsc(Nc2ccccc2)nc1=O. The third-order valence-electron chi connectivity index (χ3n) is 1.82. The fraction of sp³-hybridized carbons (Fsp3) is 0.100. The summed E-state index contributed by atoms with van der Waals surface area (Å²) in [4.78, 5) is 15.3. The van der Waals surface area contributed by atoms with Gasteiger partial charge in [-0.15, -0.1) is 11.8 Å². The molecule has 2 aromatic rings. The van der Waals surface area contributed by atoms with E-state index in [2.05, 4.69) is 14.7 Å². The van der Waals surface area contributed by atoms with Crippen LogP contribution in [0.2, 0.25) is 0 Å². The number of nitrogens with zero attached hydrogens (tertiary/aromatic N) is 2. The van der Waals surface area contributed by atoms with Gasteiger partial charge >= 0.3 is 5.56 Å². The second-order valence-corrected chi connectivity index (χ2v) is 4.45. The highest BCUT2D eigenvalue weighted by molar-refractivity contribution is 7.98. The van der Waals surface area contributed by atoms with Crippen molar-refractivity contribution in [3.05, 3.63) is 40.7 Å². The number of anilines is 2. The van der Waals surface area contributed by atoms with Gasteiger partial charge in [-0.1, -0.05) is 18.2 Å². The molecular formula is C10H9N3OS2. The average molecular weight is 251 g/mol. The first kappa shape index (κ1) is 11.1. The van der Waals surface area contributed by atoms with Gasteiger partial charge in [0, 0.05) is 17.2 Å². The number of nitrogens with one attached hydrogen (secondary N) is 1. The lowest BCUT2D eigenvalue weighted by atomic mass is 10.3. The summed E-state index contributed by atoms with van der Waals surface area (Å²) in [7, 11) is 0.